The summed E-state index contributed by atoms with van der Waals surface area (Å²) in [5.41, 5.74) is 3.18. The number of hydrogen-bond acceptors (Lipinski definition) is 4. The monoisotopic (exact) mass is 652 g/mol. The van der Waals surface area contributed by atoms with Gasteiger partial charge in [0.2, 0.25) is 0 Å². The van der Waals surface area contributed by atoms with Crippen molar-refractivity contribution in [2.45, 2.75) is 44.2 Å². The van der Waals surface area contributed by atoms with Crippen LogP contribution in [0.15, 0.2) is 91.3 Å². The van der Waals surface area contributed by atoms with Gasteiger partial charge in [0.25, 0.3) is 0 Å². The molecule has 0 spiro atoms. The molecule has 4 aromatic rings. The molecule has 2 aromatic heterocycles. The normalized spacial score (nSPS) is 19.7. The van der Waals surface area contributed by atoms with Crippen molar-refractivity contribution in [3.8, 4) is 23.7 Å². The number of halogens is 1. The van der Waals surface area contributed by atoms with Crippen LogP contribution in [0.2, 0.25) is 0 Å². The SMILES string of the molecule is CN1C(=O)N(c2ccc(C#Cc3ccccc3)cn2)CC1C1CC1.O=C1N(c2ccc(C#Cc3cccc(F)c3)cn2)CC2CCCCN12. The molecular formula is C40H37FN6O2. The van der Waals surface area contributed by atoms with E-state index in [2.05, 4.69) is 33.6 Å². The van der Waals surface area contributed by atoms with Crippen molar-refractivity contribution in [1.29, 1.82) is 0 Å². The molecule has 246 valence electrons. The fraction of sp³-hybridized carbons (Fsp3) is 0.300. The topological polar surface area (TPSA) is 72.9 Å². The van der Waals surface area contributed by atoms with Crippen LogP contribution in [-0.4, -0.2) is 70.6 Å². The molecule has 4 amide bonds. The highest BCUT2D eigenvalue weighted by Crippen LogP contribution is 2.38. The van der Waals surface area contributed by atoms with E-state index in [1.807, 2.05) is 71.4 Å². The lowest BCUT2D eigenvalue weighted by Crippen LogP contribution is -2.38. The lowest BCUT2D eigenvalue weighted by Gasteiger charge is -2.27. The molecule has 0 bridgehead atoms. The number of hydrogen-bond donors (Lipinski definition) is 0. The Morgan fingerprint density at radius 1 is 0.673 bits per heavy atom. The Labute approximate surface area is 286 Å². The minimum atomic E-state index is -0.302. The number of benzene rings is 2. The summed E-state index contributed by atoms with van der Waals surface area (Å²) in [7, 11) is 1.89. The summed E-state index contributed by atoms with van der Waals surface area (Å²) < 4.78 is 13.2. The van der Waals surface area contributed by atoms with E-state index in [4.69, 9.17) is 0 Å². The number of nitrogens with zero attached hydrogens (tertiary/aromatic N) is 6. The molecule has 4 aliphatic rings. The highest BCUT2D eigenvalue weighted by molar-refractivity contribution is 5.94. The number of fused-ring (bicyclic) bond motifs is 1. The summed E-state index contributed by atoms with van der Waals surface area (Å²) in [6.45, 7) is 2.29. The maximum absolute atomic E-state index is 13.2. The van der Waals surface area contributed by atoms with Crippen LogP contribution >= 0.6 is 0 Å². The Hall–Kier alpha value is -5.67. The molecular weight excluding hydrogens is 615 g/mol. The van der Waals surface area contributed by atoms with Gasteiger partial charge in [0.1, 0.15) is 17.5 Å². The summed E-state index contributed by atoms with van der Waals surface area (Å²) in [4.78, 5) is 41.1. The average Bonchev–Trinajstić information content (AvgIpc) is 3.87. The molecule has 3 aliphatic heterocycles. The first-order valence-corrected chi connectivity index (χ1v) is 16.8. The first-order valence-electron chi connectivity index (χ1n) is 16.8. The van der Waals surface area contributed by atoms with Gasteiger partial charge < -0.3 is 9.80 Å². The Morgan fingerprint density at radius 2 is 1.31 bits per heavy atom. The van der Waals surface area contributed by atoms with E-state index in [0.717, 1.165) is 42.6 Å². The molecule has 8 rings (SSSR count). The first kappa shape index (κ1) is 31.9. The van der Waals surface area contributed by atoms with E-state index in [1.165, 1.54) is 31.4 Å². The highest BCUT2D eigenvalue weighted by Gasteiger charge is 2.44. The van der Waals surface area contributed by atoms with E-state index in [0.29, 0.717) is 41.7 Å². The Balaban J connectivity index is 0.000000154. The van der Waals surface area contributed by atoms with Gasteiger partial charge in [-0.15, -0.1) is 0 Å². The molecule has 9 heteroatoms. The van der Waals surface area contributed by atoms with Crippen LogP contribution in [0.1, 0.15) is 54.4 Å². The zero-order chi connectivity index (χ0) is 33.7. The zero-order valence-corrected chi connectivity index (χ0v) is 27.4. The molecule has 2 unspecified atom stereocenters. The number of amides is 4. The molecule has 8 nitrogen and oxygen atoms in total. The molecule has 2 atom stereocenters. The molecule has 0 radical (unpaired) electrons. The van der Waals surface area contributed by atoms with Gasteiger partial charge in [-0.05, 0) is 92.6 Å². The molecule has 1 aliphatic carbocycles. The number of piperidine rings is 1. The fourth-order valence-electron chi connectivity index (χ4n) is 6.55. The van der Waals surface area contributed by atoms with Crippen LogP contribution < -0.4 is 9.80 Å². The van der Waals surface area contributed by atoms with E-state index in [1.54, 1.807) is 34.3 Å². The lowest BCUT2D eigenvalue weighted by atomic mass is 10.0. The molecule has 2 aromatic carbocycles. The average molecular weight is 653 g/mol. The lowest BCUT2D eigenvalue weighted by molar-refractivity contribution is 0.187. The van der Waals surface area contributed by atoms with E-state index in [9.17, 15) is 14.0 Å². The predicted octanol–water partition coefficient (Wildman–Crippen LogP) is 6.55. The number of aromatic nitrogens is 2. The number of urea groups is 2. The van der Waals surface area contributed by atoms with Crippen molar-refractivity contribution in [2.75, 3.05) is 36.5 Å². The van der Waals surface area contributed by atoms with Crippen molar-refractivity contribution >= 4 is 23.7 Å². The number of pyridine rings is 2. The Bertz CT molecular complexity index is 1940. The number of anilines is 2. The number of carbonyl (C=O) groups is 2. The minimum absolute atomic E-state index is 0.0440. The quantitative estimate of drug-likeness (QED) is 0.236. The van der Waals surface area contributed by atoms with E-state index < -0.39 is 0 Å². The second-order valence-corrected chi connectivity index (χ2v) is 12.8. The highest BCUT2D eigenvalue weighted by atomic mass is 19.1. The second-order valence-electron chi connectivity index (χ2n) is 12.8. The summed E-state index contributed by atoms with van der Waals surface area (Å²) in [6, 6.07) is 24.3. The van der Waals surface area contributed by atoms with Crippen molar-refractivity contribution < 1.29 is 14.0 Å². The maximum Gasteiger partial charge on any atom is 0.326 e. The molecule has 49 heavy (non-hydrogen) atoms. The third kappa shape index (κ3) is 7.42. The number of likely N-dealkylation sites (N-methyl/N-ethyl adjacent to an activating group) is 1. The van der Waals surface area contributed by atoms with Crippen molar-refractivity contribution in [1.82, 2.24) is 19.8 Å². The molecule has 5 heterocycles. The molecule has 3 saturated heterocycles. The van der Waals surface area contributed by atoms with Gasteiger partial charge in [0, 0.05) is 61.3 Å². The molecule has 1 saturated carbocycles. The zero-order valence-electron chi connectivity index (χ0n) is 27.4. The second kappa shape index (κ2) is 14.2. The van der Waals surface area contributed by atoms with E-state index >= 15 is 0 Å². The summed E-state index contributed by atoms with van der Waals surface area (Å²) >= 11 is 0. The van der Waals surface area contributed by atoms with Crippen LogP contribution in [0.25, 0.3) is 0 Å². The Kier molecular flexibility index (Phi) is 9.25. The molecule has 4 fully saturated rings. The minimum Gasteiger partial charge on any atom is -0.322 e. The fourth-order valence-corrected chi connectivity index (χ4v) is 6.55. The predicted molar refractivity (Wildman–Crippen MR) is 187 cm³/mol. The number of rotatable bonds is 3. The van der Waals surface area contributed by atoms with Crippen LogP contribution in [0.3, 0.4) is 0 Å². The van der Waals surface area contributed by atoms with Gasteiger partial charge >= 0.3 is 12.1 Å². The number of carbonyl (C=O) groups excluding carboxylic acids is 2. The van der Waals surface area contributed by atoms with Crippen LogP contribution in [-0.2, 0) is 0 Å². The van der Waals surface area contributed by atoms with E-state index in [-0.39, 0.29) is 17.9 Å². The van der Waals surface area contributed by atoms with Gasteiger partial charge in [-0.3, -0.25) is 9.80 Å². The smallest absolute Gasteiger partial charge is 0.322 e. The maximum atomic E-state index is 13.2. The van der Waals surface area contributed by atoms with Crippen molar-refractivity contribution in [3.63, 3.8) is 0 Å². The summed E-state index contributed by atoms with van der Waals surface area (Å²) in [5.74, 6) is 13.9. The van der Waals surface area contributed by atoms with Crippen LogP contribution in [0.4, 0.5) is 25.6 Å². The van der Waals surface area contributed by atoms with Crippen LogP contribution in [0.5, 0.6) is 0 Å². The first-order chi connectivity index (χ1) is 23.9. The third-order valence-electron chi connectivity index (χ3n) is 9.41. The van der Waals surface area contributed by atoms with Crippen molar-refractivity contribution in [3.05, 3.63) is 119 Å². The third-order valence-corrected chi connectivity index (χ3v) is 9.41. The van der Waals surface area contributed by atoms with Crippen molar-refractivity contribution in [2.24, 2.45) is 5.92 Å². The van der Waals surface area contributed by atoms with Gasteiger partial charge in [-0.2, -0.15) is 0 Å². The standard InChI is InChI=1S/C20H18FN3O.C20H19N3O/c21-17-5-3-4-15(12-17)7-8-16-9-10-19(22-13-16)24-14-18-6-1-2-11-23(18)20(24)25;1-22-18(17-10-11-17)14-23(20(22)24)19-12-9-16(13-21-19)8-7-15-5-3-2-4-6-15/h3-5,9-10,12-13,18H,1-2,6,11,14H2;2-6,9,12-13,17-18H,10-11,14H2,1H3. The van der Waals surface area contributed by atoms with Gasteiger partial charge in [-0.1, -0.05) is 47.9 Å². The van der Waals surface area contributed by atoms with Gasteiger partial charge in [-0.25, -0.2) is 23.9 Å². The van der Waals surface area contributed by atoms with Gasteiger partial charge in [0.15, 0.2) is 0 Å². The summed E-state index contributed by atoms with van der Waals surface area (Å²) in [6.07, 6.45) is 9.20. The molecule has 0 N–H and O–H groups in total. The largest absolute Gasteiger partial charge is 0.326 e. The Morgan fingerprint density at radius 3 is 1.92 bits per heavy atom. The van der Waals surface area contributed by atoms with Gasteiger partial charge in [0.05, 0.1) is 12.1 Å². The van der Waals surface area contributed by atoms with Crippen LogP contribution in [0, 0.1) is 35.4 Å². The summed E-state index contributed by atoms with van der Waals surface area (Å²) in [5, 5.41) is 0.